The molecule has 0 aromatic heterocycles. The molecule has 138 valence electrons. The molecule has 0 unspecified atom stereocenters. The molecule has 6 nitrogen and oxygen atoms in total. The second-order valence-corrected chi connectivity index (χ2v) is 8.14. The molecule has 7 heteroatoms. The molecule has 0 spiro atoms. The SMILES string of the molecule is O=S(=O)(Nc1ccc(OC2CCCC2)cc1)c1ccc2c(c1)OCCO2. The van der Waals surface area contributed by atoms with Gasteiger partial charge in [0.15, 0.2) is 11.5 Å². The van der Waals surface area contributed by atoms with Gasteiger partial charge < -0.3 is 14.2 Å². The Morgan fingerprint density at radius 3 is 2.35 bits per heavy atom. The van der Waals surface area contributed by atoms with Gasteiger partial charge in [0.25, 0.3) is 10.0 Å². The van der Waals surface area contributed by atoms with Crippen molar-refractivity contribution in [1.82, 2.24) is 0 Å². The highest BCUT2D eigenvalue weighted by Crippen LogP contribution is 2.33. The van der Waals surface area contributed by atoms with Crippen LogP contribution in [0.5, 0.6) is 17.2 Å². The van der Waals surface area contributed by atoms with Gasteiger partial charge in [-0.25, -0.2) is 8.42 Å². The maximum Gasteiger partial charge on any atom is 0.262 e. The van der Waals surface area contributed by atoms with E-state index in [9.17, 15) is 8.42 Å². The standard InChI is InChI=1S/C19H21NO5S/c21-26(22,17-9-10-18-19(13-17)24-12-11-23-18)20-14-5-7-16(8-6-14)25-15-3-1-2-4-15/h5-10,13,15,20H,1-4,11-12H2. The summed E-state index contributed by atoms with van der Waals surface area (Å²) in [7, 11) is -3.71. The molecule has 2 aromatic carbocycles. The third kappa shape index (κ3) is 3.72. The molecule has 26 heavy (non-hydrogen) atoms. The van der Waals surface area contributed by atoms with Crippen molar-refractivity contribution in [2.24, 2.45) is 0 Å². The van der Waals surface area contributed by atoms with Gasteiger partial charge in [-0.1, -0.05) is 0 Å². The van der Waals surface area contributed by atoms with Crippen LogP contribution in [0.2, 0.25) is 0 Å². The predicted octanol–water partition coefficient (Wildman–Crippen LogP) is 3.58. The Bertz CT molecular complexity index is 873. The number of hydrogen-bond acceptors (Lipinski definition) is 5. The number of benzene rings is 2. The molecule has 1 fully saturated rings. The van der Waals surface area contributed by atoms with Gasteiger partial charge in [-0.3, -0.25) is 4.72 Å². The van der Waals surface area contributed by atoms with Crippen LogP contribution in [0.4, 0.5) is 5.69 Å². The Balaban J connectivity index is 1.47. The van der Waals surface area contributed by atoms with Crippen molar-refractivity contribution in [3.63, 3.8) is 0 Å². The number of hydrogen-bond donors (Lipinski definition) is 1. The lowest BCUT2D eigenvalue weighted by Crippen LogP contribution is -2.17. The van der Waals surface area contributed by atoms with E-state index in [0.717, 1.165) is 18.6 Å². The summed E-state index contributed by atoms with van der Waals surface area (Å²) in [6.45, 7) is 0.874. The van der Waals surface area contributed by atoms with Crippen LogP contribution >= 0.6 is 0 Å². The normalized spacial score (nSPS) is 17.1. The van der Waals surface area contributed by atoms with E-state index in [-0.39, 0.29) is 11.0 Å². The van der Waals surface area contributed by atoms with Crippen LogP contribution in [-0.2, 0) is 10.0 Å². The Morgan fingerprint density at radius 1 is 0.923 bits per heavy atom. The van der Waals surface area contributed by atoms with E-state index >= 15 is 0 Å². The van der Waals surface area contributed by atoms with Gasteiger partial charge in [-0.15, -0.1) is 0 Å². The summed E-state index contributed by atoms with van der Waals surface area (Å²) >= 11 is 0. The maximum absolute atomic E-state index is 12.6. The topological polar surface area (TPSA) is 73.9 Å². The van der Waals surface area contributed by atoms with Crippen molar-refractivity contribution < 1.29 is 22.6 Å². The first-order valence-corrected chi connectivity index (χ1v) is 10.3. The molecule has 1 saturated carbocycles. The highest BCUT2D eigenvalue weighted by molar-refractivity contribution is 7.92. The monoisotopic (exact) mass is 375 g/mol. The summed E-state index contributed by atoms with van der Waals surface area (Å²) in [5.41, 5.74) is 0.485. The molecule has 2 aliphatic rings. The van der Waals surface area contributed by atoms with Gasteiger partial charge in [0, 0.05) is 11.8 Å². The zero-order valence-corrected chi connectivity index (χ0v) is 15.1. The number of ether oxygens (including phenoxy) is 3. The van der Waals surface area contributed by atoms with Gasteiger partial charge in [0.05, 0.1) is 11.0 Å². The van der Waals surface area contributed by atoms with Gasteiger partial charge in [0.1, 0.15) is 19.0 Å². The average Bonchev–Trinajstić information content (AvgIpc) is 3.16. The van der Waals surface area contributed by atoms with E-state index in [1.807, 2.05) is 0 Å². The zero-order valence-electron chi connectivity index (χ0n) is 14.3. The highest BCUT2D eigenvalue weighted by atomic mass is 32.2. The number of anilines is 1. The summed E-state index contributed by atoms with van der Waals surface area (Å²) < 4.78 is 44.6. The summed E-state index contributed by atoms with van der Waals surface area (Å²) in [5.74, 6) is 1.77. The van der Waals surface area contributed by atoms with Crippen molar-refractivity contribution in [1.29, 1.82) is 0 Å². The smallest absolute Gasteiger partial charge is 0.262 e. The second-order valence-electron chi connectivity index (χ2n) is 6.46. The Labute approximate surface area is 153 Å². The maximum atomic E-state index is 12.6. The lowest BCUT2D eigenvalue weighted by atomic mass is 10.3. The molecule has 1 aliphatic carbocycles. The molecule has 0 saturated heterocycles. The van der Waals surface area contributed by atoms with E-state index in [0.29, 0.717) is 30.4 Å². The van der Waals surface area contributed by atoms with Crippen LogP contribution in [-0.4, -0.2) is 27.7 Å². The fraction of sp³-hybridized carbons (Fsp3) is 0.368. The molecule has 0 atom stereocenters. The van der Waals surface area contributed by atoms with E-state index in [1.165, 1.54) is 25.0 Å². The number of fused-ring (bicyclic) bond motifs is 1. The van der Waals surface area contributed by atoms with E-state index in [1.54, 1.807) is 30.3 Å². The molecular weight excluding hydrogens is 354 g/mol. The van der Waals surface area contributed by atoms with E-state index < -0.39 is 10.0 Å². The van der Waals surface area contributed by atoms with Crippen molar-refractivity contribution in [3.05, 3.63) is 42.5 Å². The number of rotatable bonds is 5. The summed E-state index contributed by atoms with van der Waals surface area (Å²) in [6.07, 6.45) is 4.85. The molecule has 0 radical (unpaired) electrons. The van der Waals surface area contributed by atoms with Crippen LogP contribution in [0.3, 0.4) is 0 Å². The van der Waals surface area contributed by atoms with Crippen molar-refractivity contribution in [3.8, 4) is 17.2 Å². The number of nitrogens with one attached hydrogen (secondary N) is 1. The van der Waals surface area contributed by atoms with Crippen LogP contribution in [0.1, 0.15) is 25.7 Å². The summed E-state index contributed by atoms with van der Waals surface area (Å²) in [5, 5.41) is 0. The first kappa shape index (κ1) is 17.0. The van der Waals surface area contributed by atoms with Crippen LogP contribution in [0.15, 0.2) is 47.4 Å². The van der Waals surface area contributed by atoms with Crippen molar-refractivity contribution >= 4 is 15.7 Å². The predicted molar refractivity (Wildman–Crippen MR) is 97.6 cm³/mol. The molecular formula is C19H21NO5S. The Morgan fingerprint density at radius 2 is 1.62 bits per heavy atom. The van der Waals surface area contributed by atoms with Crippen LogP contribution in [0.25, 0.3) is 0 Å². The molecule has 0 bridgehead atoms. The quantitative estimate of drug-likeness (QED) is 0.865. The van der Waals surface area contributed by atoms with Crippen LogP contribution in [0, 0.1) is 0 Å². The number of sulfonamides is 1. The largest absolute Gasteiger partial charge is 0.490 e. The third-order valence-electron chi connectivity index (χ3n) is 4.54. The van der Waals surface area contributed by atoms with Gasteiger partial charge >= 0.3 is 0 Å². The highest BCUT2D eigenvalue weighted by Gasteiger charge is 2.20. The Kier molecular flexibility index (Phi) is 4.63. The third-order valence-corrected chi connectivity index (χ3v) is 5.91. The molecule has 4 rings (SSSR count). The molecule has 1 aliphatic heterocycles. The minimum atomic E-state index is -3.71. The van der Waals surface area contributed by atoms with E-state index in [4.69, 9.17) is 14.2 Å². The molecule has 1 N–H and O–H groups in total. The van der Waals surface area contributed by atoms with Gasteiger partial charge in [-0.05, 0) is 62.1 Å². The minimum absolute atomic E-state index is 0.132. The van der Waals surface area contributed by atoms with E-state index in [2.05, 4.69) is 4.72 Å². The van der Waals surface area contributed by atoms with Gasteiger partial charge in [0.2, 0.25) is 0 Å². The molecule has 2 aromatic rings. The fourth-order valence-corrected chi connectivity index (χ4v) is 4.28. The summed E-state index contributed by atoms with van der Waals surface area (Å²) in [6, 6.07) is 11.6. The Hall–Kier alpha value is -2.41. The zero-order chi connectivity index (χ0) is 18.0. The van der Waals surface area contributed by atoms with Gasteiger partial charge in [-0.2, -0.15) is 0 Å². The second kappa shape index (κ2) is 7.07. The molecule has 0 amide bonds. The lowest BCUT2D eigenvalue weighted by Gasteiger charge is -2.19. The first-order chi connectivity index (χ1) is 12.6. The first-order valence-electron chi connectivity index (χ1n) is 8.79. The van der Waals surface area contributed by atoms with Crippen molar-refractivity contribution in [2.45, 2.75) is 36.7 Å². The minimum Gasteiger partial charge on any atom is -0.490 e. The summed E-state index contributed by atoms with van der Waals surface area (Å²) in [4.78, 5) is 0.132. The molecule has 1 heterocycles. The lowest BCUT2D eigenvalue weighted by molar-refractivity contribution is 0.171. The van der Waals surface area contributed by atoms with Crippen molar-refractivity contribution in [2.75, 3.05) is 17.9 Å². The fourth-order valence-electron chi connectivity index (χ4n) is 3.21. The van der Waals surface area contributed by atoms with Crippen LogP contribution < -0.4 is 18.9 Å². The average molecular weight is 375 g/mol.